The van der Waals surface area contributed by atoms with Crippen LogP contribution in [0.5, 0.6) is 0 Å². The number of anilines is 1. The first kappa shape index (κ1) is 13.4. The zero-order chi connectivity index (χ0) is 13.8. The summed E-state index contributed by atoms with van der Waals surface area (Å²) in [6, 6.07) is 12.7. The average Bonchev–Trinajstić information content (AvgIpc) is 2.36. The molecule has 0 spiro atoms. The highest BCUT2D eigenvalue weighted by Gasteiger charge is 2.15. The number of nitrogen functional groups attached to an aromatic ring is 1. The van der Waals surface area contributed by atoms with Crippen LogP contribution in [0.25, 0.3) is 0 Å². The Morgan fingerprint density at radius 3 is 2.68 bits per heavy atom. The van der Waals surface area contributed by atoms with Gasteiger partial charge in [-0.05, 0) is 24.6 Å². The maximum absolute atomic E-state index is 12.0. The Kier molecular flexibility index (Phi) is 4.07. The number of carbonyl (C=O) groups excluding carboxylic acids is 1. The van der Waals surface area contributed by atoms with Gasteiger partial charge in [-0.3, -0.25) is 0 Å². The van der Waals surface area contributed by atoms with Crippen LogP contribution >= 0.6 is 11.6 Å². The molecule has 4 heteroatoms. The van der Waals surface area contributed by atoms with E-state index < -0.39 is 5.97 Å². The van der Waals surface area contributed by atoms with Crippen LogP contribution in [-0.2, 0) is 11.3 Å². The third-order valence-corrected chi connectivity index (χ3v) is 3.02. The molecule has 0 unspecified atom stereocenters. The van der Waals surface area contributed by atoms with Crippen molar-refractivity contribution in [2.24, 2.45) is 0 Å². The molecular formula is C15H14ClNO2. The summed E-state index contributed by atoms with van der Waals surface area (Å²) < 4.78 is 5.23. The first-order chi connectivity index (χ1) is 9.08. The summed E-state index contributed by atoms with van der Waals surface area (Å²) in [5.41, 5.74) is 8.32. The Morgan fingerprint density at radius 2 is 2.00 bits per heavy atom. The molecule has 98 valence electrons. The second-order valence-electron chi connectivity index (χ2n) is 4.27. The fourth-order valence-corrected chi connectivity index (χ4v) is 2.04. The molecule has 0 bridgehead atoms. The van der Waals surface area contributed by atoms with Crippen LogP contribution in [0.15, 0.2) is 42.5 Å². The number of hydrogen-bond donors (Lipinski definition) is 1. The van der Waals surface area contributed by atoms with Gasteiger partial charge >= 0.3 is 5.97 Å². The molecule has 3 nitrogen and oxygen atoms in total. The first-order valence-electron chi connectivity index (χ1n) is 5.84. The van der Waals surface area contributed by atoms with Gasteiger partial charge in [0.15, 0.2) is 0 Å². The Labute approximate surface area is 117 Å². The highest BCUT2D eigenvalue weighted by atomic mass is 35.5. The van der Waals surface area contributed by atoms with Crippen LogP contribution in [0.4, 0.5) is 5.69 Å². The molecule has 0 amide bonds. The number of esters is 1. The number of carbonyl (C=O) groups is 1. The van der Waals surface area contributed by atoms with Crippen LogP contribution in [-0.4, -0.2) is 5.97 Å². The van der Waals surface area contributed by atoms with Crippen LogP contribution in [0.1, 0.15) is 21.5 Å². The third-order valence-electron chi connectivity index (χ3n) is 2.70. The number of ether oxygens (including phenoxy) is 1. The minimum atomic E-state index is -0.510. The van der Waals surface area contributed by atoms with E-state index in [1.807, 2.05) is 31.2 Å². The summed E-state index contributed by atoms with van der Waals surface area (Å²) >= 11 is 5.95. The number of nitrogens with two attached hydrogens (primary N) is 1. The van der Waals surface area contributed by atoms with E-state index in [0.717, 1.165) is 11.1 Å². The van der Waals surface area contributed by atoms with E-state index in [4.69, 9.17) is 22.1 Å². The van der Waals surface area contributed by atoms with E-state index in [9.17, 15) is 4.79 Å². The lowest BCUT2D eigenvalue weighted by molar-refractivity contribution is 0.0474. The predicted molar refractivity (Wildman–Crippen MR) is 76.2 cm³/mol. The zero-order valence-electron chi connectivity index (χ0n) is 10.5. The van der Waals surface area contributed by atoms with Gasteiger partial charge in [0.05, 0.1) is 5.02 Å². The quantitative estimate of drug-likeness (QED) is 0.688. The smallest absolute Gasteiger partial charge is 0.342 e. The maximum atomic E-state index is 12.0. The Bertz CT molecular complexity index is 591. The van der Waals surface area contributed by atoms with Crippen LogP contribution in [0.2, 0.25) is 5.02 Å². The summed E-state index contributed by atoms with van der Waals surface area (Å²) in [6.45, 7) is 2.18. The molecule has 0 fully saturated rings. The van der Waals surface area contributed by atoms with Gasteiger partial charge in [-0.25, -0.2) is 4.79 Å². The van der Waals surface area contributed by atoms with Gasteiger partial charge in [0.1, 0.15) is 12.2 Å². The highest BCUT2D eigenvalue weighted by molar-refractivity contribution is 6.34. The van der Waals surface area contributed by atoms with Crippen molar-refractivity contribution in [3.05, 3.63) is 64.2 Å². The van der Waals surface area contributed by atoms with Gasteiger partial charge in [-0.1, -0.05) is 47.5 Å². The fourth-order valence-electron chi connectivity index (χ4n) is 1.78. The Hall–Kier alpha value is -2.00. The molecular weight excluding hydrogens is 262 g/mol. The highest BCUT2D eigenvalue weighted by Crippen LogP contribution is 2.23. The molecule has 0 aliphatic heterocycles. The number of benzene rings is 2. The van der Waals surface area contributed by atoms with E-state index >= 15 is 0 Å². The summed E-state index contributed by atoms with van der Waals surface area (Å²) in [4.78, 5) is 12.0. The van der Waals surface area contributed by atoms with E-state index in [-0.39, 0.29) is 12.2 Å². The average molecular weight is 276 g/mol. The molecule has 2 aromatic carbocycles. The van der Waals surface area contributed by atoms with Gasteiger partial charge in [0.2, 0.25) is 0 Å². The SMILES string of the molecule is Cc1cccc(COC(=O)c2c(N)cccc2Cl)c1. The third kappa shape index (κ3) is 3.26. The first-order valence-corrected chi connectivity index (χ1v) is 6.22. The molecule has 0 aromatic heterocycles. The zero-order valence-corrected chi connectivity index (χ0v) is 11.3. The van der Waals surface area contributed by atoms with Gasteiger partial charge < -0.3 is 10.5 Å². The van der Waals surface area contributed by atoms with E-state index in [1.54, 1.807) is 18.2 Å². The van der Waals surface area contributed by atoms with Gasteiger partial charge in [0, 0.05) is 5.69 Å². The number of rotatable bonds is 3. The molecule has 0 radical (unpaired) electrons. The normalized spacial score (nSPS) is 10.2. The van der Waals surface area contributed by atoms with Crippen molar-refractivity contribution in [1.29, 1.82) is 0 Å². The summed E-state index contributed by atoms with van der Waals surface area (Å²) in [7, 11) is 0. The summed E-state index contributed by atoms with van der Waals surface area (Å²) in [5.74, 6) is -0.510. The van der Waals surface area contributed by atoms with Crippen molar-refractivity contribution in [2.75, 3.05) is 5.73 Å². The number of halogens is 1. The minimum absolute atomic E-state index is 0.200. The molecule has 2 aromatic rings. The fraction of sp³-hybridized carbons (Fsp3) is 0.133. The lowest BCUT2D eigenvalue weighted by atomic mass is 10.1. The predicted octanol–water partition coefficient (Wildman–Crippen LogP) is 3.59. The maximum Gasteiger partial charge on any atom is 0.342 e. The van der Waals surface area contributed by atoms with Crippen molar-refractivity contribution in [1.82, 2.24) is 0 Å². The molecule has 0 saturated carbocycles. The summed E-state index contributed by atoms with van der Waals surface area (Å²) in [6.07, 6.45) is 0. The molecule has 2 rings (SSSR count). The lowest BCUT2D eigenvalue weighted by Gasteiger charge is -2.09. The molecule has 0 atom stereocenters. The van der Waals surface area contributed by atoms with E-state index in [2.05, 4.69) is 0 Å². The molecule has 0 heterocycles. The van der Waals surface area contributed by atoms with Crippen LogP contribution in [0.3, 0.4) is 0 Å². The summed E-state index contributed by atoms with van der Waals surface area (Å²) in [5, 5.41) is 0.300. The molecule has 0 aliphatic carbocycles. The van der Waals surface area contributed by atoms with E-state index in [0.29, 0.717) is 10.7 Å². The van der Waals surface area contributed by atoms with Crippen molar-refractivity contribution in [3.63, 3.8) is 0 Å². The molecule has 0 aliphatic rings. The van der Waals surface area contributed by atoms with Crippen molar-refractivity contribution in [3.8, 4) is 0 Å². The monoisotopic (exact) mass is 275 g/mol. The molecule has 19 heavy (non-hydrogen) atoms. The Morgan fingerprint density at radius 1 is 1.26 bits per heavy atom. The van der Waals surface area contributed by atoms with Gasteiger partial charge in [0.25, 0.3) is 0 Å². The van der Waals surface area contributed by atoms with Crippen molar-refractivity contribution >= 4 is 23.3 Å². The molecule has 2 N–H and O–H groups in total. The van der Waals surface area contributed by atoms with E-state index in [1.165, 1.54) is 0 Å². The molecule has 0 saturated heterocycles. The second kappa shape index (κ2) is 5.76. The minimum Gasteiger partial charge on any atom is -0.457 e. The number of aryl methyl sites for hydroxylation is 1. The second-order valence-corrected chi connectivity index (χ2v) is 4.68. The van der Waals surface area contributed by atoms with Crippen molar-refractivity contribution < 1.29 is 9.53 Å². The number of hydrogen-bond acceptors (Lipinski definition) is 3. The van der Waals surface area contributed by atoms with Gasteiger partial charge in [-0.15, -0.1) is 0 Å². The largest absolute Gasteiger partial charge is 0.457 e. The standard InChI is InChI=1S/C15H14ClNO2/c1-10-4-2-5-11(8-10)9-19-15(18)14-12(16)6-3-7-13(14)17/h2-8H,9,17H2,1H3. The Balaban J connectivity index is 2.10. The van der Waals surface area contributed by atoms with Gasteiger partial charge in [-0.2, -0.15) is 0 Å². The lowest BCUT2D eigenvalue weighted by Crippen LogP contribution is -2.09. The van der Waals surface area contributed by atoms with Crippen LogP contribution < -0.4 is 5.73 Å². The van der Waals surface area contributed by atoms with Crippen molar-refractivity contribution in [2.45, 2.75) is 13.5 Å². The van der Waals surface area contributed by atoms with Crippen LogP contribution in [0, 0.1) is 6.92 Å². The topological polar surface area (TPSA) is 52.3 Å².